The topological polar surface area (TPSA) is 109 Å². The predicted molar refractivity (Wildman–Crippen MR) is 105 cm³/mol. The highest BCUT2D eigenvalue weighted by atomic mass is 16.2. The van der Waals surface area contributed by atoms with Crippen molar-refractivity contribution in [3.8, 4) is 0 Å². The van der Waals surface area contributed by atoms with Crippen LogP contribution < -0.4 is 11.1 Å². The first-order chi connectivity index (χ1) is 13.5. The fraction of sp³-hybridized carbons (Fsp3) is 0.600. The summed E-state index contributed by atoms with van der Waals surface area (Å²) in [6.07, 6.45) is 5.26. The normalized spacial score (nSPS) is 23.2. The minimum absolute atomic E-state index is 0.0964. The monoisotopic (exact) mass is 387 g/mol. The minimum atomic E-state index is -0.200. The predicted octanol–water partition coefficient (Wildman–Crippen LogP) is 1.03. The second-order valence-corrected chi connectivity index (χ2v) is 7.59. The van der Waals surface area contributed by atoms with Gasteiger partial charge in [0.05, 0.1) is 5.92 Å². The number of amides is 3. The number of piperidine rings is 1. The van der Waals surface area contributed by atoms with Gasteiger partial charge in [-0.1, -0.05) is 0 Å². The molecule has 8 heteroatoms. The highest BCUT2D eigenvalue weighted by Crippen LogP contribution is 2.22. The Bertz CT molecular complexity index is 738. The van der Waals surface area contributed by atoms with E-state index in [1.807, 2.05) is 11.8 Å². The zero-order chi connectivity index (χ0) is 20.1. The van der Waals surface area contributed by atoms with Crippen LogP contribution in [0.25, 0.3) is 0 Å². The largest absolute Gasteiger partial charge is 0.384 e. The second kappa shape index (κ2) is 9.03. The Morgan fingerprint density at radius 1 is 1.29 bits per heavy atom. The molecule has 3 rings (SSSR count). The van der Waals surface area contributed by atoms with Crippen molar-refractivity contribution in [1.29, 1.82) is 0 Å². The van der Waals surface area contributed by atoms with Gasteiger partial charge in [-0.3, -0.25) is 14.4 Å². The fourth-order valence-corrected chi connectivity index (χ4v) is 4.00. The lowest BCUT2D eigenvalue weighted by atomic mass is 9.96. The van der Waals surface area contributed by atoms with Gasteiger partial charge in [-0.2, -0.15) is 0 Å². The summed E-state index contributed by atoms with van der Waals surface area (Å²) in [5, 5.41) is 3.04. The summed E-state index contributed by atoms with van der Waals surface area (Å²) < 4.78 is 0. The average molecular weight is 387 g/mol. The molecule has 1 aromatic heterocycles. The second-order valence-electron chi connectivity index (χ2n) is 7.59. The molecule has 3 amide bonds. The Labute approximate surface area is 165 Å². The minimum Gasteiger partial charge on any atom is -0.384 e. The van der Waals surface area contributed by atoms with Gasteiger partial charge in [0, 0.05) is 50.4 Å². The van der Waals surface area contributed by atoms with Crippen LogP contribution in [0.5, 0.6) is 0 Å². The molecule has 3 N–H and O–H groups in total. The van der Waals surface area contributed by atoms with Gasteiger partial charge in [0.15, 0.2) is 0 Å². The summed E-state index contributed by atoms with van der Waals surface area (Å²) in [5.74, 6) is 0.183. The van der Waals surface area contributed by atoms with Gasteiger partial charge in [-0.05, 0) is 44.7 Å². The van der Waals surface area contributed by atoms with Gasteiger partial charge in [0.2, 0.25) is 11.8 Å². The van der Waals surface area contributed by atoms with Crippen LogP contribution in [-0.4, -0.2) is 64.7 Å². The van der Waals surface area contributed by atoms with E-state index in [9.17, 15) is 14.4 Å². The maximum Gasteiger partial charge on any atom is 0.251 e. The lowest BCUT2D eigenvalue weighted by Gasteiger charge is -2.35. The Hall–Kier alpha value is -2.64. The van der Waals surface area contributed by atoms with Crippen LogP contribution in [0.3, 0.4) is 0 Å². The number of rotatable bonds is 4. The number of hydrogen-bond acceptors (Lipinski definition) is 5. The molecule has 3 heterocycles. The number of nitrogen functional groups attached to an aromatic ring is 1. The molecule has 8 nitrogen and oxygen atoms in total. The van der Waals surface area contributed by atoms with E-state index in [0.29, 0.717) is 50.4 Å². The fourth-order valence-electron chi connectivity index (χ4n) is 4.00. The summed E-state index contributed by atoms with van der Waals surface area (Å²) in [6.45, 7) is 4.27. The summed E-state index contributed by atoms with van der Waals surface area (Å²) in [5.41, 5.74) is 6.13. The van der Waals surface area contributed by atoms with E-state index in [0.717, 1.165) is 19.3 Å². The van der Waals surface area contributed by atoms with Crippen LogP contribution in [0.1, 0.15) is 49.4 Å². The highest BCUT2D eigenvalue weighted by molar-refractivity contribution is 5.95. The van der Waals surface area contributed by atoms with Gasteiger partial charge < -0.3 is 20.9 Å². The highest BCUT2D eigenvalue weighted by Gasteiger charge is 2.33. The Balaban J connectivity index is 1.62. The van der Waals surface area contributed by atoms with Crippen LogP contribution in [0.15, 0.2) is 18.3 Å². The molecule has 2 atom stereocenters. The Morgan fingerprint density at radius 3 is 2.86 bits per heavy atom. The number of nitrogens with two attached hydrogens (primary N) is 1. The van der Waals surface area contributed by atoms with E-state index in [-0.39, 0.29) is 29.7 Å². The first kappa shape index (κ1) is 20.1. The quantitative estimate of drug-likeness (QED) is 0.802. The van der Waals surface area contributed by atoms with Gasteiger partial charge in [-0.25, -0.2) is 4.98 Å². The van der Waals surface area contributed by atoms with Crippen molar-refractivity contribution < 1.29 is 14.4 Å². The van der Waals surface area contributed by atoms with Crippen molar-refractivity contribution in [1.82, 2.24) is 20.1 Å². The number of carbonyl (C=O) groups is 3. The third-order valence-electron chi connectivity index (χ3n) is 5.59. The number of anilines is 1. The zero-order valence-corrected chi connectivity index (χ0v) is 16.4. The van der Waals surface area contributed by atoms with Crippen LogP contribution in [0.4, 0.5) is 5.82 Å². The lowest BCUT2D eigenvalue weighted by molar-refractivity contribution is -0.143. The Kier molecular flexibility index (Phi) is 6.49. The van der Waals surface area contributed by atoms with E-state index in [2.05, 4.69) is 10.3 Å². The average Bonchev–Trinajstić information content (AvgIpc) is 2.93. The maximum atomic E-state index is 13.1. The molecule has 0 bridgehead atoms. The van der Waals surface area contributed by atoms with Crippen LogP contribution in [-0.2, 0) is 9.59 Å². The van der Waals surface area contributed by atoms with Crippen molar-refractivity contribution in [2.45, 2.75) is 45.1 Å². The molecule has 2 aliphatic rings. The van der Waals surface area contributed by atoms with E-state index < -0.39 is 0 Å². The summed E-state index contributed by atoms with van der Waals surface area (Å²) in [4.78, 5) is 45.0. The maximum absolute atomic E-state index is 13.1. The summed E-state index contributed by atoms with van der Waals surface area (Å²) in [6, 6.07) is 3.08. The van der Waals surface area contributed by atoms with Crippen LogP contribution in [0, 0.1) is 5.92 Å². The smallest absolute Gasteiger partial charge is 0.251 e. The number of pyridine rings is 1. The third-order valence-corrected chi connectivity index (χ3v) is 5.59. The molecule has 2 unspecified atom stereocenters. The van der Waals surface area contributed by atoms with Gasteiger partial charge in [0.25, 0.3) is 5.91 Å². The molecular weight excluding hydrogens is 358 g/mol. The van der Waals surface area contributed by atoms with E-state index in [4.69, 9.17) is 5.73 Å². The van der Waals surface area contributed by atoms with Crippen molar-refractivity contribution in [3.63, 3.8) is 0 Å². The molecule has 2 fully saturated rings. The number of nitrogens with zero attached hydrogens (tertiary/aromatic N) is 3. The molecule has 0 spiro atoms. The molecule has 0 aromatic carbocycles. The number of likely N-dealkylation sites (tertiary alicyclic amines) is 2. The van der Waals surface area contributed by atoms with Crippen molar-refractivity contribution in [2.24, 2.45) is 5.92 Å². The van der Waals surface area contributed by atoms with Gasteiger partial charge >= 0.3 is 0 Å². The number of nitrogens with one attached hydrogen (secondary N) is 1. The molecule has 2 saturated heterocycles. The SMILES string of the molecule is CCN1CC(C(=O)N2CCCCC(NC(=O)c3ccnc(N)c3)C2)CCC1=O. The standard InChI is InChI=1S/C20H29N5O3/c1-2-24-12-15(6-7-18(24)26)20(28)25-10-4-3-5-16(13-25)23-19(27)14-8-9-22-17(21)11-14/h8-9,11,15-16H,2-7,10,12-13H2,1H3,(H2,21,22)(H,23,27). The molecule has 152 valence electrons. The third kappa shape index (κ3) is 4.79. The lowest BCUT2D eigenvalue weighted by Crippen LogP contribution is -2.50. The molecule has 1 aromatic rings. The Morgan fingerprint density at radius 2 is 2.11 bits per heavy atom. The van der Waals surface area contributed by atoms with Gasteiger partial charge in [0.1, 0.15) is 5.82 Å². The van der Waals surface area contributed by atoms with Crippen molar-refractivity contribution in [2.75, 3.05) is 31.9 Å². The number of carbonyl (C=O) groups excluding carboxylic acids is 3. The molecule has 0 saturated carbocycles. The molecule has 2 aliphatic heterocycles. The van der Waals surface area contributed by atoms with E-state index in [1.165, 1.54) is 6.20 Å². The molecule has 28 heavy (non-hydrogen) atoms. The van der Waals surface area contributed by atoms with Crippen LogP contribution >= 0.6 is 0 Å². The van der Waals surface area contributed by atoms with Crippen molar-refractivity contribution >= 4 is 23.5 Å². The first-order valence-corrected chi connectivity index (χ1v) is 10.1. The molecular formula is C20H29N5O3. The first-order valence-electron chi connectivity index (χ1n) is 10.1. The summed E-state index contributed by atoms with van der Waals surface area (Å²) >= 11 is 0. The van der Waals surface area contributed by atoms with Crippen molar-refractivity contribution in [3.05, 3.63) is 23.9 Å². The van der Waals surface area contributed by atoms with Gasteiger partial charge in [-0.15, -0.1) is 0 Å². The van der Waals surface area contributed by atoms with E-state index in [1.54, 1.807) is 17.0 Å². The molecule has 0 radical (unpaired) electrons. The zero-order valence-electron chi connectivity index (χ0n) is 16.4. The molecule has 0 aliphatic carbocycles. The number of aromatic nitrogens is 1. The number of hydrogen-bond donors (Lipinski definition) is 2. The summed E-state index contributed by atoms with van der Waals surface area (Å²) in [7, 11) is 0. The van der Waals surface area contributed by atoms with Crippen LogP contribution in [0.2, 0.25) is 0 Å². The van der Waals surface area contributed by atoms with E-state index >= 15 is 0 Å².